The zero-order valence-corrected chi connectivity index (χ0v) is 20.7. The van der Waals surface area contributed by atoms with Gasteiger partial charge >= 0.3 is 6.36 Å². The van der Waals surface area contributed by atoms with Crippen LogP contribution in [0.3, 0.4) is 0 Å². The Labute approximate surface area is 210 Å². The molecule has 1 fully saturated rings. The van der Waals surface area contributed by atoms with E-state index in [0.717, 1.165) is 36.0 Å². The molecule has 2 aromatic carbocycles. The quantitative estimate of drug-likeness (QED) is 0.208. The van der Waals surface area contributed by atoms with E-state index < -0.39 is 23.7 Å². The van der Waals surface area contributed by atoms with Crippen molar-refractivity contribution in [1.29, 1.82) is 0 Å². The van der Waals surface area contributed by atoms with Crippen molar-refractivity contribution >= 4 is 0 Å². The minimum absolute atomic E-state index is 0.0506. The fraction of sp³-hybridized carbons (Fsp3) is 0.533. The van der Waals surface area contributed by atoms with Gasteiger partial charge in [0.15, 0.2) is 11.6 Å². The van der Waals surface area contributed by atoms with Gasteiger partial charge < -0.3 is 4.74 Å². The summed E-state index contributed by atoms with van der Waals surface area (Å²) in [6.07, 6.45) is 8.90. The SMILES string of the molecule is CCCCCCC[C@@H]1CC[C@@H]2c3ccc(C#Cc4cc(F)c(OC(F)(F)F)c(F)c4)cc3CC[C@@H]2C1. The molecule has 0 radical (unpaired) electrons. The number of hydrogen-bond donors (Lipinski definition) is 0. The highest BCUT2D eigenvalue weighted by molar-refractivity contribution is 5.48. The molecule has 0 aliphatic heterocycles. The highest BCUT2D eigenvalue weighted by atomic mass is 19.4. The van der Waals surface area contributed by atoms with E-state index in [1.165, 1.54) is 75.3 Å². The normalized spacial score (nSPS) is 21.2. The number of aryl methyl sites for hydroxylation is 1. The van der Waals surface area contributed by atoms with Crippen LogP contribution in [0, 0.1) is 35.3 Å². The Balaban J connectivity index is 1.40. The van der Waals surface area contributed by atoms with Crippen LogP contribution in [-0.4, -0.2) is 6.36 Å². The highest BCUT2D eigenvalue weighted by Crippen LogP contribution is 2.48. The lowest BCUT2D eigenvalue weighted by molar-refractivity contribution is -0.276. The number of alkyl halides is 3. The van der Waals surface area contributed by atoms with Crippen molar-refractivity contribution in [2.24, 2.45) is 11.8 Å². The molecule has 36 heavy (non-hydrogen) atoms. The van der Waals surface area contributed by atoms with Crippen molar-refractivity contribution in [2.75, 3.05) is 0 Å². The molecule has 1 saturated carbocycles. The number of hydrogen-bond acceptors (Lipinski definition) is 1. The maximum Gasteiger partial charge on any atom is 0.573 e. The van der Waals surface area contributed by atoms with Gasteiger partial charge in [-0.05, 0) is 85.3 Å². The second-order valence-electron chi connectivity index (χ2n) is 10.3. The largest absolute Gasteiger partial charge is 0.573 e. The first-order valence-corrected chi connectivity index (χ1v) is 13.1. The van der Waals surface area contributed by atoms with Crippen molar-refractivity contribution in [3.8, 4) is 17.6 Å². The van der Waals surface area contributed by atoms with E-state index in [1.54, 1.807) is 0 Å². The predicted molar refractivity (Wildman–Crippen MR) is 131 cm³/mol. The highest BCUT2D eigenvalue weighted by Gasteiger charge is 2.35. The monoisotopic (exact) mass is 504 g/mol. The van der Waals surface area contributed by atoms with Gasteiger partial charge in [0.25, 0.3) is 0 Å². The molecule has 0 spiro atoms. The Morgan fingerprint density at radius 3 is 2.33 bits per heavy atom. The number of fused-ring (bicyclic) bond motifs is 3. The van der Waals surface area contributed by atoms with Crippen molar-refractivity contribution in [2.45, 2.75) is 89.8 Å². The Morgan fingerprint density at radius 1 is 0.889 bits per heavy atom. The average Bonchev–Trinajstić information content (AvgIpc) is 2.84. The lowest BCUT2D eigenvalue weighted by Gasteiger charge is -2.40. The van der Waals surface area contributed by atoms with E-state index in [4.69, 9.17) is 0 Å². The Morgan fingerprint density at radius 2 is 1.61 bits per heavy atom. The summed E-state index contributed by atoms with van der Waals surface area (Å²) >= 11 is 0. The summed E-state index contributed by atoms with van der Waals surface area (Å²) in [7, 11) is 0. The molecule has 2 aromatic rings. The van der Waals surface area contributed by atoms with Crippen LogP contribution >= 0.6 is 0 Å². The Kier molecular flexibility index (Phi) is 8.59. The summed E-state index contributed by atoms with van der Waals surface area (Å²) in [4.78, 5) is 0. The van der Waals surface area contributed by atoms with Crippen LogP contribution < -0.4 is 4.74 Å². The first-order valence-electron chi connectivity index (χ1n) is 13.1. The minimum Gasteiger partial charge on any atom is -0.399 e. The van der Waals surface area contributed by atoms with Gasteiger partial charge in [-0.15, -0.1) is 13.2 Å². The van der Waals surface area contributed by atoms with Gasteiger partial charge in [-0.2, -0.15) is 0 Å². The lowest BCUT2D eigenvalue weighted by Crippen LogP contribution is -2.28. The molecule has 0 unspecified atom stereocenters. The van der Waals surface area contributed by atoms with Crippen molar-refractivity contribution in [1.82, 2.24) is 0 Å². The predicted octanol–water partition coefficient (Wildman–Crippen LogP) is 9.07. The van der Waals surface area contributed by atoms with Gasteiger partial charge in [-0.3, -0.25) is 0 Å². The van der Waals surface area contributed by atoms with Crippen LogP contribution in [0.2, 0.25) is 0 Å². The molecule has 2 aliphatic carbocycles. The summed E-state index contributed by atoms with van der Waals surface area (Å²) in [5.74, 6) is 3.41. The smallest absolute Gasteiger partial charge is 0.399 e. The van der Waals surface area contributed by atoms with Gasteiger partial charge in [-0.1, -0.05) is 63.4 Å². The summed E-state index contributed by atoms with van der Waals surface area (Å²) in [6, 6.07) is 7.63. The Bertz CT molecular complexity index is 1090. The third kappa shape index (κ3) is 6.81. The Hall–Kier alpha value is -2.55. The van der Waals surface area contributed by atoms with Gasteiger partial charge in [-0.25, -0.2) is 8.78 Å². The van der Waals surface area contributed by atoms with E-state index in [0.29, 0.717) is 5.92 Å². The molecule has 6 heteroatoms. The van der Waals surface area contributed by atoms with Gasteiger partial charge in [0, 0.05) is 11.1 Å². The summed E-state index contributed by atoms with van der Waals surface area (Å²) in [5, 5.41) is 0. The maximum absolute atomic E-state index is 14.0. The molecule has 0 bridgehead atoms. The van der Waals surface area contributed by atoms with E-state index in [9.17, 15) is 22.0 Å². The number of rotatable bonds is 7. The van der Waals surface area contributed by atoms with Crippen LogP contribution in [0.25, 0.3) is 0 Å². The first kappa shape index (κ1) is 26.5. The third-order valence-corrected chi connectivity index (χ3v) is 7.70. The molecule has 0 heterocycles. The minimum atomic E-state index is -5.18. The first-order chi connectivity index (χ1) is 17.2. The molecule has 194 valence electrons. The van der Waals surface area contributed by atoms with Gasteiger partial charge in [0.2, 0.25) is 5.75 Å². The maximum atomic E-state index is 14.0. The van der Waals surface area contributed by atoms with E-state index in [1.807, 2.05) is 12.1 Å². The van der Waals surface area contributed by atoms with Crippen LogP contribution in [0.5, 0.6) is 5.75 Å². The van der Waals surface area contributed by atoms with E-state index >= 15 is 0 Å². The topological polar surface area (TPSA) is 9.23 Å². The summed E-state index contributed by atoms with van der Waals surface area (Å²) in [5.41, 5.74) is 3.37. The summed E-state index contributed by atoms with van der Waals surface area (Å²) < 4.78 is 68.4. The molecular formula is C30H33F5O. The van der Waals surface area contributed by atoms with Crippen LogP contribution in [0.1, 0.15) is 99.3 Å². The van der Waals surface area contributed by atoms with E-state index in [-0.39, 0.29) is 5.56 Å². The molecule has 0 saturated heterocycles. The van der Waals surface area contributed by atoms with E-state index in [2.05, 4.69) is 29.6 Å². The molecule has 0 amide bonds. The van der Waals surface area contributed by atoms with Gasteiger partial charge in [0.05, 0.1) is 0 Å². The average molecular weight is 505 g/mol. The number of ether oxygens (including phenoxy) is 1. The van der Waals surface area contributed by atoms with Gasteiger partial charge in [0.1, 0.15) is 0 Å². The standard InChI is InChI=1S/C30H33F5O/c1-2-3-4-5-6-7-20-10-14-25-23(16-20)12-13-24-17-21(11-15-26(24)25)8-9-22-18-27(31)29(28(32)19-22)36-30(33,34)35/h11,15,17-20,23,25H,2-7,10,12-14,16H2,1H3/t20-,23-,25+/m1/s1. The molecule has 1 nitrogen and oxygen atoms in total. The lowest BCUT2D eigenvalue weighted by atomic mass is 9.64. The number of unbranched alkanes of at least 4 members (excludes halogenated alkanes) is 4. The van der Waals surface area contributed by atoms with Crippen LogP contribution in [0.15, 0.2) is 30.3 Å². The number of benzene rings is 2. The fourth-order valence-electron chi connectivity index (χ4n) is 5.98. The molecule has 2 aliphatic rings. The van der Waals surface area contributed by atoms with Crippen molar-refractivity contribution in [3.63, 3.8) is 0 Å². The number of halogens is 5. The molecular weight excluding hydrogens is 471 g/mol. The third-order valence-electron chi connectivity index (χ3n) is 7.70. The second kappa shape index (κ2) is 11.7. The fourth-order valence-corrected chi connectivity index (χ4v) is 5.98. The molecule has 3 atom stereocenters. The van der Waals surface area contributed by atoms with Crippen LogP contribution in [0.4, 0.5) is 22.0 Å². The zero-order chi connectivity index (χ0) is 25.7. The summed E-state index contributed by atoms with van der Waals surface area (Å²) in [6.45, 7) is 2.25. The molecule has 0 aromatic heterocycles. The van der Waals surface area contributed by atoms with Crippen molar-refractivity contribution < 1.29 is 26.7 Å². The zero-order valence-electron chi connectivity index (χ0n) is 20.7. The second-order valence-corrected chi connectivity index (χ2v) is 10.3. The molecule has 0 N–H and O–H groups in total. The molecule has 4 rings (SSSR count). The van der Waals surface area contributed by atoms with Crippen LogP contribution in [-0.2, 0) is 6.42 Å². The van der Waals surface area contributed by atoms with Crippen molar-refractivity contribution in [3.05, 3.63) is 64.2 Å².